The number of rotatable bonds is 5. The zero-order valence-electron chi connectivity index (χ0n) is 18.4. The van der Waals surface area contributed by atoms with Gasteiger partial charge in [-0.2, -0.15) is 0 Å². The molecule has 4 rings (SSSR count). The number of carboxylic acid groups (broad SMARTS) is 2. The van der Waals surface area contributed by atoms with Crippen LogP contribution in [0.1, 0.15) is 31.8 Å². The van der Waals surface area contributed by atoms with Crippen molar-refractivity contribution in [1.82, 2.24) is 29.9 Å². The summed E-state index contributed by atoms with van der Waals surface area (Å²) in [6, 6.07) is 8.23. The molecule has 4 aromatic rings. The maximum absolute atomic E-state index is 10.6. The summed E-state index contributed by atoms with van der Waals surface area (Å²) < 4.78 is 0. The molecular formula is C22H20N6O8. The maximum atomic E-state index is 10.6. The van der Waals surface area contributed by atoms with Gasteiger partial charge in [-0.05, 0) is 48.2 Å². The van der Waals surface area contributed by atoms with E-state index in [4.69, 9.17) is 10.2 Å². The Kier molecular flexibility index (Phi) is 9.95. The van der Waals surface area contributed by atoms with Crippen LogP contribution in [0.5, 0.6) is 0 Å². The zero-order valence-corrected chi connectivity index (χ0v) is 18.4. The Labute approximate surface area is 200 Å². The fraction of sp³-hybridized carbons (Fsp3) is 0.0909. The molecule has 186 valence electrons. The summed E-state index contributed by atoms with van der Waals surface area (Å²) in [5, 5.41) is 16.6. The van der Waals surface area contributed by atoms with Gasteiger partial charge in [-0.1, -0.05) is 0 Å². The van der Waals surface area contributed by atoms with Gasteiger partial charge in [0, 0.05) is 37.2 Å². The van der Waals surface area contributed by atoms with Crippen LogP contribution < -0.4 is 22.5 Å². The van der Waals surface area contributed by atoms with E-state index in [0.29, 0.717) is 0 Å². The average Bonchev–Trinajstić information content (AvgIpc) is 2.84. The average molecular weight is 496 g/mol. The molecule has 0 aliphatic heterocycles. The van der Waals surface area contributed by atoms with Crippen molar-refractivity contribution >= 4 is 11.9 Å². The summed E-state index contributed by atoms with van der Waals surface area (Å²) >= 11 is 0. The lowest BCUT2D eigenvalue weighted by Crippen LogP contribution is -2.26. The number of hydrogen-bond donors (Lipinski definition) is 6. The van der Waals surface area contributed by atoms with Gasteiger partial charge in [0.2, 0.25) is 0 Å². The number of H-pyrrole nitrogens is 4. The summed E-state index contributed by atoms with van der Waals surface area (Å²) in [6.45, 7) is 0. The van der Waals surface area contributed by atoms with Crippen LogP contribution in [0.25, 0.3) is 0 Å². The molecule has 0 atom stereocenters. The second-order valence-corrected chi connectivity index (χ2v) is 6.79. The SMILES string of the molecule is O=C(O)c1c[nH]c(=O)[nH]c1=O.O=C(O)c1c[nH]c(=O)[nH]c1=O.c1cc(CCc2ccncc2)ccn1. The Balaban J connectivity index is 0.000000193. The first-order valence-electron chi connectivity index (χ1n) is 10.1. The zero-order chi connectivity index (χ0) is 26.5. The molecular weight excluding hydrogens is 476 g/mol. The van der Waals surface area contributed by atoms with Crippen molar-refractivity contribution in [2.24, 2.45) is 0 Å². The third-order valence-electron chi connectivity index (χ3n) is 4.30. The minimum absolute atomic E-state index is 0.482. The van der Waals surface area contributed by atoms with Crippen molar-refractivity contribution in [2.45, 2.75) is 12.8 Å². The molecule has 14 nitrogen and oxygen atoms in total. The number of carboxylic acids is 2. The second kappa shape index (κ2) is 13.3. The molecule has 0 aromatic carbocycles. The highest BCUT2D eigenvalue weighted by Crippen LogP contribution is 2.04. The summed E-state index contributed by atoms with van der Waals surface area (Å²) in [6.07, 6.45) is 11.2. The van der Waals surface area contributed by atoms with Crippen molar-refractivity contribution in [2.75, 3.05) is 0 Å². The molecule has 4 aromatic heterocycles. The van der Waals surface area contributed by atoms with E-state index in [0.717, 1.165) is 25.2 Å². The number of pyridine rings is 2. The number of aromatic nitrogens is 6. The van der Waals surface area contributed by atoms with Crippen LogP contribution in [0, 0.1) is 0 Å². The molecule has 0 spiro atoms. The fourth-order valence-electron chi connectivity index (χ4n) is 2.52. The number of nitrogens with zero attached hydrogens (tertiary/aromatic N) is 2. The lowest BCUT2D eigenvalue weighted by atomic mass is 10.1. The molecule has 0 saturated heterocycles. The van der Waals surface area contributed by atoms with Crippen molar-refractivity contribution in [3.8, 4) is 0 Å². The largest absolute Gasteiger partial charge is 0.477 e. The molecule has 6 N–H and O–H groups in total. The van der Waals surface area contributed by atoms with Gasteiger partial charge in [0.1, 0.15) is 11.1 Å². The first kappa shape index (κ1) is 26.8. The summed E-state index contributed by atoms with van der Waals surface area (Å²) in [4.78, 5) is 77.9. The van der Waals surface area contributed by atoms with Gasteiger partial charge in [-0.15, -0.1) is 0 Å². The normalized spacial score (nSPS) is 9.67. The molecule has 0 radical (unpaired) electrons. The molecule has 0 aliphatic rings. The Morgan fingerprint density at radius 2 is 0.972 bits per heavy atom. The Morgan fingerprint density at radius 1 is 0.639 bits per heavy atom. The summed E-state index contributed by atoms with van der Waals surface area (Å²) in [7, 11) is 0. The molecule has 36 heavy (non-hydrogen) atoms. The lowest BCUT2D eigenvalue weighted by molar-refractivity contribution is 0.0683. The Hall–Kier alpha value is -5.40. The van der Waals surface area contributed by atoms with Gasteiger partial charge in [-0.3, -0.25) is 29.5 Å². The van der Waals surface area contributed by atoms with E-state index in [1.807, 2.05) is 34.8 Å². The number of aryl methyl sites for hydroxylation is 2. The van der Waals surface area contributed by atoms with Gasteiger partial charge >= 0.3 is 23.3 Å². The van der Waals surface area contributed by atoms with Crippen molar-refractivity contribution in [3.63, 3.8) is 0 Å². The van der Waals surface area contributed by atoms with E-state index >= 15 is 0 Å². The van der Waals surface area contributed by atoms with Crippen molar-refractivity contribution in [3.05, 3.63) is 125 Å². The minimum Gasteiger partial charge on any atom is -0.477 e. The molecule has 0 bridgehead atoms. The highest BCUT2D eigenvalue weighted by Gasteiger charge is 2.07. The smallest absolute Gasteiger partial charge is 0.342 e. The Bertz CT molecular complexity index is 1410. The second-order valence-electron chi connectivity index (χ2n) is 6.79. The van der Waals surface area contributed by atoms with E-state index in [9.17, 15) is 28.8 Å². The van der Waals surface area contributed by atoms with E-state index in [1.165, 1.54) is 11.1 Å². The van der Waals surface area contributed by atoms with Crippen LogP contribution in [0.15, 0.2) is 80.6 Å². The quantitative estimate of drug-likeness (QED) is 0.213. The van der Waals surface area contributed by atoms with Crippen LogP contribution in [-0.2, 0) is 12.8 Å². The third-order valence-corrected chi connectivity index (χ3v) is 4.30. The van der Waals surface area contributed by atoms with Gasteiger partial charge in [-0.25, -0.2) is 19.2 Å². The molecule has 0 unspecified atom stereocenters. The number of aromatic amines is 4. The standard InChI is InChI=1S/C12H12N2.2C5H4N2O4/c1(11-3-7-13-8-4-11)2-12-5-9-14-10-6-12;2*8-3-2(4(9)10)1-6-5(11)7-3/h3-10H,1-2H2;2*1H,(H,9,10)(H2,6,7,8,11). The summed E-state index contributed by atoms with van der Waals surface area (Å²) in [5.74, 6) is -2.75. The number of nitrogens with one attached hydrogen (secondary N) is 4. The van der Waals surface area contributed by atoms with Crippen LogP contribution in [0.3, 0.4) is 0 Å². The minimum atomic E-state index is -1.37. The number of aromatic carboxylic acids is 2. The van der Waals surface area contributed by atoms with E-state index in [1.54, 1.807) is 9.97 Å². The topological polar surface area (TPSA) is 232 Å². The van der Waals surface area contributed by atoms with Gasteiger partial charge in [0.05, 0.1) is 0 Å². The van der Waals surface area contributed by atoms with Crippen LogP contribution >= 0.6 is 0 Å². The van der Waals surface area contributed by atoms with Crippen LogP contribution in [0.2, 0.25) is 0 Å². The lowest BCUT2D eigenvalue weighted by Gasteiger charge is -2.00. The highest BCUT2D eigenvalue weighted by atomic mass is 16.4. The molecule has 4 heterocycles. The monoisotopic (exact) mass is 496 g/mol. The first-order valence-corrected chi connectivity index (χ1v) is 10.1. The highest BCUT2D eigenvalue weighted by molar-refractivity contribution is 5.86. The molecule has 0 fully saturated rings. The number of hydrogen-bond acceptors (Lipinski definition) is 8. The molecule has 14 heteroatoms. The molecule has 0 amide bonds. The van der Waals surface area contributed by atoms with Gasteiger partial charge < -0.3 is 20.2 Å². The van der Waals surface area contributed by atoms with Gasteiger partial charge in [0.25, 0.3) is 11.1 Å². The van der Waals surface area contributed by atoms with Crippen LogP contribution in [-0.4, -0.2) is 52.1 Å². The van der Waals surface area contributed by atoms with Gasteiger partial charge in [0.15, 0.2) is 0 Å². The number of carbonyl (C=O) groups is 2. The van der Waals surface area contributed by atoms with E-state index in [-0.39, 0.29) is 0 Å². The maximum Gasteiger partial charge on any atom is 0.342 e. The first-order chi connectivity index (χ1) is 17.2. The van der Waals surface area contributed by atoms with Crippen molar-refractivity contribution < 1.29 is 19.8 Å². The predicted molar refractivity (Wildman–Crippen MR) is 125 cm³/mol. The predicted octanol–water partition coefficient (Wildman–Crippen LogP) is -0.215. The van der Waals surface area contributed by atoms with E-state index in [2.05, 4.69) is 34.2 Å². The summed E-state index contributed by atoms with van der Waals surface area (Å²) in [5.41, 5.74) is -1.55. The fourth-order valence-corrected chi connectivity index (χ4v) is 2.52. The Morgan fingerprint density at radius 3 is 1.25 bits per heavy atom. The van der Waals surface area contributed by atoms with E-state index < -0.39 is 45.6 Å². The third kappa shape index (κ3) is 8.86. The van der Waals surface area contributed by atoms with Crippen molar-refractivity contribution in [1.29, 1.82) is 0 Å². The van der Waals surface area contributed by atoms with Crippen LogP contribution in [0.4, 0.5) is 0 Å². The molecule has 0 aliphatic carbocycles. The molecule has 0 saturated carbocycles.